The van der Waals surface area contributed by atoms with Crippen molar-refractivity contribution in [2.75, 3.05) is 26.4 Å². The van der Waals surface area contributed by atoms with Crippen LogP contribution in [0.25, 0.3) is 0 Å². The summed E-state index contributed by atoms with van der Waals surface area (Å²) in [7, 11) is -4.41. The van der Waals surface area contributed by atoms with Gasteiger partial charge in [-0.3, -0.25) is 18.6 Å². The monoisotopic (exact) mass is 804 g/mol. The minimum Gasteiger partial charge on any atom is -0.462 e. The molecule has 3 unspecified atom stereocenters. The van der Waals surface area contributed by atoms with Crippen molar-refractivity contribution in [2.24, 2.45) is 5.73 Å². The zero-order valence-corrected chi connectivity index (χ0v) is 35.4. The van der Waals surface area contributed by atoms with Crippen molar-refractivity contribution in [3.63, 3.8) is 0 Å². The molecule has 318 valence electrons. The molecule has 0 aromatic carbocycles. The number of hydrogen-bond acceptors (Lipinski definition) is 9. The number of rotatable bonds is 37. The summed E-state index contributed by atoms with van der Waals surface area (Å²) in [5, 5.41) is 0. The summed E-state index contributed by atoms with van der Waals surface area (Å²) >= 11 is 0. The molecule has 1 aliphatic heterocycles. The third-order valence-electron chi connectivity index (χ3n) is 8.67. The molecule has 0 spiro atoms. The highest BCUT2D eigenvalue weighted by Crippen LogP contribution is 2.43. The van der Waals surface area contributed by atoms with Gasteiger partial charge in [-0.25, -0.2) is 4.57 Å². The molecule has 0 aromatic rings. The first-order valence-corrected chi connectivity index (χ1v) is 22.7. The highest BCUT2D eigenvalue weighted by Gasteiger charge is 2.36. The Morgan fingerprint density at radius 1 is 0.643 bits per heavy atom. The molecule has 11 heteroatoms. The van der Waals surface area contributed by atoms with E-state index in [0.717, 1.165) is 77.0 Å². The van der Waals surface area contributed by atoms with Gasteiger partial charge in [0.2, 0.25) is 0 Å². The molecule has 0 bridgehead atoms. The molecule has 0 radical (unpaired) electrons. The average Bonchev–Trinajstić information content (AvgIpc) is 3.94. The molecule has 0 amide bonds. The predicted octanol–water partition coefficient (Wildman–Crippen LogP) is 11.0. The fourth-order valence-corrected chi connectivity index (χ4v) is 6.19. The van der Waals surface area contributed by atoms with Gasteiger partial charge in [-0.15, -0.1) is 0 Å². The van der Waals surface area contributed by atoms with E-state index in [2.05, 4.69) is 92.8 Å². The van der Waals surface area contributed by atoms with E-state index in [1.165, 1.54) is 19.3 Å². The quantitative estimate of drug-likeness (QED) is 0.0204. The number of epoxide rings is 1. The number of unbranched alkanes of at least 4 members (excludes halogenated alkanes) is 8. The lowest BCUT2D eigenvalue weighted by molar-refractivity contribution is -0.161. The van der Waals surface area contributed by atoms with Crippen molar-refractivity contribution in [3.05, 3.63) is 85.1 Å². The van der Waals surface area contributed by atoms with Gasteiger partial charge in [0.05, 0.1) is 25.4 Å². The van der Waals surface area contributed by atoms with Crippen LogP contribution in [0, 0.1) is 0 Å². The van der Waals surface area contributed by atoms with E-state index >= 15 is 0 Å². The standard InChI is InChI=1S/C45H74NO9P/c1-3-5-7-9-11-13-14-15-16-17-18-19-20-22-24-26-31-35-44(47)51-39-41(40-53-56(49,50)52-38-37-46)54-45(48)36-32-28-27-30-34-43-42(55-43)33-29-25-23-21-12-10-8-6-4-2/h5,7,11-13,15-16,18-19,21,25,27,29-30,41-43H,3-4,6,8-10,14,17,20,22-24,26,28,31-40,46H2,1-2H3,(H,49,50)/b7-5-,13-11-,16-15-,19-18-,21-12-,29-25-,30-27-/t41-,42?,43?/m1/s1. The summed E-state index contributed by atoms with van der Waals surface area (Å²) in [4.78, 5) is 34.9. The first-order chi connectivity index (χ1) is 27.3. The molecule has 0 aliphatic carbocycles. The van der Waals surface area contributed by atoms with Crippen molar-refractivity contribution in [3.8, 4) is 0 Å². The zero-order chi connectivity index (χ0) is 40.8. The molecule has 3 N–H and O–H groups in total. The van der Waals surface area contributed by atoms with Gasteiger partial charge in [0, 0.05) is 19.4 Å². The van der Waals surface area contributed by atoms with Crippen LogP contribution in [0.4, 0.5) is 0 Å². The fourth-order valence-electron chi connectivity index (χ4n) is 5.42. The van der Waals surface area contributed by atoms with Crippen molar-refractivity contribution in [1.29, 1.82) is 0 Å². The highest BCUT2D eigenvalue weighted by atomic mass is 31.2. The maximum Gasteiger partial charge on any atom is 0.472 e. The van der Waals surface area contributed by atoms with Crippen molar-refractivity contribution >= 4 is 19.8 Å². The Morgan fingerprint density at radius 3 is 1.79 bits per heavy atom. The Labute approximate surface area is 339 Å². The predicted molar refractivity (Wildman–Crippen MR) is 228 cm³/mol. The second-order valence-electron chi connectivity index (χ2n) is 13.9. The number of carbonyl (C=O) groups excluding carboxylic acids is 2. The number of allylic oxidation sites excluding steroid dienone is 12. The minimum atomic E-state index is -4.41. The van der Waals surface area contributed by atoms with Crippen LogP contribution in [0.2, 0.25) is 0 Å². The average molecular weight is 804 g/mol. The van der Waals surface area contributed by atoms with Crippen LogP contribution in [0.1, 0.15) is 142 Å². The van der Waals surface area contributed by atoms with Crippen LogP contribution in [0.5, 0.6) is 0 Å². The number of carbonyl (C=O) groups is 2. The maximum absolute atomic E-state index is 12.6. The van der Waals surface area contributed by atoms with E-state index in [-0.39, 0.29) is 44.8 Å². The van der Waals surface area contributed by atoms with Crippen molar-refractivity contribution in [1.82, 2.24) is 0 Å². The van der Waals surface area contributed by atoms with Crippen LogP contribution >= 0.6 is 7.82 Å². The molecular weight excluding hydrogens is 729 g/mol. The lowest BCUT2D eigenvalue weighted by atomic mass is 10.1. The maximum atomic E-state index is 12.6. The number of phosphoric ester groups is 1. The van der Waals surface area contributed by atoms with E-state index in [9.17, 15) is 19.0 Å². The summed E-state index contributed by atoms with van der Waals surface area (Å²) in [5.41, 5.74) is 5.34. The molecule has 1 aliphatic rings. The first kappa shape index (κ1) is 51.2. The molecule has 4 atom stereocenters. The van der Waals surface area contributed by atoms with Gasteiger partial charge in [-0.2, -0.15) is 0 Å². The Kier molecular flexibility index (Phi) is 33.3. The highest BCUT2D eigenvalue weighted by molar-refractivity contribution is 7.47. The fraction of sp³-hybridized carbons (Fsp3) is 0.644. The summed E-state index contributed by atoms with van der Waals surface area (Å²) in [5.74, 6) is -0.940. The number of esters is 2. The van der Waals surface area contributed by atoms with Gasteiger partial charge in [0.1, 0.15) is 6.61 Å². The Bertz CT molecular complexity index is 1260. The van der Waals surface area contributed by atoms with Crippen LogP contribution in [-0.4, -0.2) is 61.5 Å². The van der Waals surface area contributed by atoms with Crippen LogP contribution < -0.4 is 5.73 Å². The first-order valence-electron chi connectivity index (χ1n) is 21.2. The Hall–Kier alpha value is -2.85. The van der Waals surface area contributed by atoms with E-state index in [1.807, 2.05) is 6.08 Å². The summed E-state index contributed by atoms with van der Waals surface area (Å²) in [6.45, 7) is 3.45. The summed E-state index contributed by atoms with van der Waals surface area (Å²) < 4.78 is 38.5. The molecule has 56 heavy (non-hydrogen) atoms. The van der Waals surface area contributed by atoms with Gasteiger partial charge in [0.25, 0.3) is 0 Å². The van der Waals surface area contributed by atoms with Crippen LogP contribution in [0.3, 0.4) is 0 Å². The Balaban J connectivity index is 2.27. The molecule has 0 aromatic heterocycles. The second-order valence-corrected chi connectivity index (χ2v) is 15.3. The van der Waals surface area contributed by atoms with Crippen LogP contribution in [-0.2, 0) is 37.4 Å². The lowest BCUT2D eigenvalue weighted by Gasteiger charge is -2.19. The van der Waals surface area contributed by atoms with Crippen molar-refractivity contribution < 1.29 is 42.3 Å². The molecule has 0 saturated carbocycles. The molecule has 1 heterocycles. The van der Waals surface area contributed by atoms with Gasteiger partial charge >= 0.3 is 19.8 Å². The van der Waals surface area contributed by atoms with Gasteiger partial charge in [0.15, 0.2) is 6.10 Å². The number of nitrogens with two attached hydrogens (primary N) is 1. The largest absolute Gasteiger partial charge is 0.472 e. The van der Waals surface area contributed by atoms with E-state index < -0.39 is 32.5 Å². The molecule has 1 rings (SSSR count). The lowest BCUT2D eigenvalue weighted by Crippen LogP contribution is -2.29. The van der Waals surface area contributed by atoms with Crippen LogP contribution in [0.15, 0.2) is 85.1 Å². The molecule has 10 nitrogen and oxygen atoms in total. The number of ether oxygens (including phenoxy) is 3. The third kappa shape index (κ3) is 33.3. The summed E-state index contributed by atoms with van der Waals surface area (Å²) in [6.07, 6.45) is 47.8. The van der Waals surface area contributed by atoms with Crippen molar-refractivity contribution in [2.45, 2.75) is 161 Å². The smallest absolute Gasteiger partial charge is 0.462 e. The number of hydrogen-bond donors (Lipinski definition) is 2. The normalized spacial score (nSPS) is 17.8. The molecular formula is C45H74NO9P. The zero-order valence-electron chi connectivity index (χ0n) is 34.5. The van der Waals surface area contributed by atoms with E-state index in [4.69, 9.17) is 29.0 Å². The summed E-state index contributed by atoms with van der Waals surface area (Å²) in [6, 6.07) is 0. The third-order valence-corrected chi connectivity index (χ3v) is 9.65. The topological polar surface area (TPSA) is 147 Å². The second kappa shape index (κ2) is 36.5. The number of phosphoric acid groups is 1. The Morgan fingerprint density at radius 2 is 1.16 bits per heavy atom. The van der Waals surface area contributed by atoms with E-state index in [1.54, 1.807) is 0 Å². The minimum absolute atomic E-state index is 0.0335. The van der Waals surface area contributed by atoms with Gasteiger partial charge < -0.3 is 24.8 Å². The molecule has 1 saturated heterocycles. The molecule has 1 fully saturated rings. The SMILES string of the molecule is CC/C=C\C/C=C\C/C=C\C/C=C\CCCCCCC(=O)OC[C@H](COP(=O)(O)OCCN)OC(=O)CCC/C=C\CC1OC1C/C=C\C/C=C\CCCCC. The van der Waals surface area contributed by atoms with Gasteiger partial charge in [-0.1, -0.05) is 125 Å². The van der Waals surface area contributed by atoms with E-state index in [0.29, 0.717) is 19.3 Å². The van der Waals surface area contributed by atoms with Gasteiger partial charge in [-0.05, 0) is 89.9 Å².